The highest BCUT2D eigenvalue weighted by atomic mass is 32.2. The topological polar surface area (TPSA) is 281 Å². The number of hydrogen-bond acceptors (Lipinski definition) is 16. The Morgan fingerprint density at radius 3 is 2.09 bits per heavy atom. The van der Waals surface area contributed by atoms with Crippen molar-refractivity contribution in [1.82, 2.24) is 40.9 Å². The highest BCUT2D eigenvalue weighted by molar-refractivity contribution is 8.00. The Hall–Kier alpha value is -4.88. The number of urea groups is 1. The number of carbonyl (C=O) groups is 9. The summed E-state index contributed by atoms with van der Waals surface area (Å²) in [6.07, 6.45) is 3.73. The SMILES string of the molecule is CC(=O)OC(C)[C@H](NC(=O)[C@H](CC(C)C)N(C)C(=O)CCOCCOCCOCCOCCNC(=O)CCCC[C@@H]1SC[C@@H]2NC(=O)N[C@@H]21)C(=O)N(C)[C@H](C(=O)N1C[C@@H](O)C[C@H]1C(=O)N1C(=O)C=C[C@@H]1C)C(C)C. The second-order valence-electron chi connectivity index (χ2n) is 20.0. The monoisotopic (exact) mass is 1070 g/mol. The summed E-state index contributed by atoms with van der Waals surface area (Å²) in [7, 11) is 2.84. The molecule has 74 heavy (non-hydrogen) atoms. The van der Waals surface area contributed by atoms with E-state index in [2.05, 4.69) is 21.3 Å². The third-order valence-electron chi connectivity index (χ3n) is 13.4. The molecule has 24 heteroatoms. The first-order valence-electron chi connectivity index (χ1n) is 25.9. The van der Waals surface area contributed by atoms with Gasteiger partial charge in [0.1, 0.15) is 30.3 Å². The van der Waals surface area contributed by atoms with Crippen molar-refractivity contribution in [3.05, 3.63) is 12.2 Å². The van der Waals surface area contributed by atoms with Crippen LogP contribution in [0.15, 0.2) is 12.2 Å². The van der Waals surface area contributed by atoms with Gasteiger partial charge in [-0.25, -0.2) is 4.79 Å². The highest BCUT2D eigenvalue weighted by Gasteiger charge is 2.48. The number of aliphatic hydroxyl groups excluding tert-OH is 1. The van der Waals surface area contributed by atoms with Gasteiger partial charge in [-0.1, -0.05) is 40.2 Å². The van der Waals surface area contributed by atoms with Gasteiger partial charge in [-0.05, 0) is 44.9 Å². The van der Waals surface area contributed by atoms with Crippen molar-refractivity contribution in [2.24, 2.45) is 11.8 Å². The number of β-amino-alcohol motifs (C(OH)–C–C–N with tert-alkyl or cyclic N) is 1. The van der Waals surface area contributed by atoms with Crippen molar-refractivity contribution in [2.75, 3.05) is 85.8 Å². The zero-order valence-electron chi connectivity index (χ0n) is 44.7. The molecule has 0 radical (unpaired) electrons. The summed E-state index contributed by atoms with van der Waals surface area (Å²) < 4.78 is 27.7. The molecule has 5 N–H and O–H groups in total. The molecule has 9 amide bonds. The lowest BCUT2D eigenvalue weighted by Crippen LogP contribution is -2.62. The first-order valence-corrected chi connectivity index (χ1v) is 27.0. The predicted molar refractivity (Wildman–Crippen MR) is 272 cm³/mol. The predicted octanol–water partition coefficient (Wildman–Crippen LogP) is 0.353. The van der Waals surface area contributed by atoms with Gasteiger partial charge < -0.3 is 64.8 Å². The lowest BCUT2D eigenvalue weighted by Gasteiger charge is -2.38. The number of amides is 9. The fourth-order valence-electron chi connectivity index (χ4n) is 9.52. The number of rotatable bonds is 32. The van der Waals surface area contributed by atoms with Crippen LogP contribution < -0.4 is 21.3 Å². The number of likely N-dealkylation sites (N-methyl/N-ethyl adjacent to an activating group) is 2. The summed E-state index contributed by atoms with van der Waals surface area (Å²) in [6.45, 7) is 13.8. The molecule has 0 aromatic carbocycles. The van der Waals surface area contributed by atoms with Crippen molar-refractivity contribution < 1.29 is 71.9 Å². The van der Waals surface area contributed by atoms with E-state index in [9.17, 15) is 48.3 Å². The van der Waals surface area contributed by atoms with Gasteiger partial charge in [0.25, 0.3) is 11.8 Å². The van der Waals surface area contributed by atoms with Crippen molar-refractivity contribution >= 4 is 65.1 Å². The molecule has 0 saturated carbocycles. The number of carbonyl (C=O) groups excluding carboxylic acids is 9. The summed E-state index contributed by atoms with van der Waals surface area (Å²) >= 11 is 1.87. The Balaban J connectivity index is 1.15. The van der Waals surface area contributed by atoms with E-state index in [0.29, 0.717) is 51.2 Å². The summed E-state index contributed by atoms with van der Waals surface area (Å²) in [5.41, 5.74) is 0. The number of hydrogen-bond donors (Lipinski definition) is 5. The number of thioether (sulfide) groups is 1. The number of esters is 1. The number of ether oxygens (including phenoxy) is 5. The number of likely N-dealkylation sites (tertiary alicyclic amines) is 1. The van der Waals surface area contributed by atoms with Crippen LogP contribution in [0, 0.1) is 11.8 Å². The van der Waals surface area contributed by atoms with Crippen LogP contribution in [-0.2, 0) is 62.0 Å². The normalized spacial score (nSPS) is 22.8. The number of nitrogens with zero attached hydrogens (tertiary/aromatic N) is 4. The van der Waals surface area contributed by atoms with Gasteiger partial charge in [-0.3, -0.25) is 43.3 Å². The van der Waals surface area contributed by atoms with Gasteiger partial charge in [0, 0.05) is 64.0 Å². The molecule has 4 heterocycles. The number of aliphatic hydroxyl groups is 1. The zero-order valence-corrected chi connectivity index (χ0v) is 45.5. The van der Waals surface area contributed by atoms with Crippen LogP contribution in [0.4, 0.5) is 4.79 Å². The Kier molecular flexibility index (Phi) is 25.5. The van der Waals surface area contributed by atoms with E-state index in [4.69, 9.17) is 23.7 Å². The zero-order chi connectivity index (χ0) is 54.6. The van der Waals surface area contributed by atoms with Crippen LogP contribution in [0.2, 0.25) is 0 Å². The van der Waals surface area contributed by atoms with E-state index in [1.54, 1.807) is 26.8 Å². The van der Waals surface area contributed by atoms with Crippen molar-refractivity contribution in [3.8, 4) is 0 Å². The Morgan fingerprint density at radius 2 is 1.50 bits per heavy atom. The van der Waals surface area contributed by atoms with E-state index in [1.165, 1.54) is 36.9 Å². The van der Waals surface area contributed by atoms with Crippen molar-refractivity contribution in [2.45, 2.75) is 153 Å². The average molecular weight is 1070 g/mol. The number of fused-ring (bicyclic) bond motifs is 1. The summed E-state index contributed by atoms with van der Waals surface area (Å²) in [5, 5.41) is 22.5. The minimum absolute atomic E-state index is 0.0124. The molecule has 4 aliphatic rings. The molecule has 1 unspecified atom stereocenters. The third-order valence-corrected chi connectivity index (χ3v) is 14.9. The standard InChI is InChI=1S/C50H82N8O15S/c1-30(2)26-37(55(8)41(62)16-18-69-20-22-71-24-25-72-23-21-70-19-17-51-40(61)13-11-10-12-39-44-36(29-74-39)52-50(68)54-44)46(64)53-43(33(6)73-34(7)59)48(66)56(9)45(31(3)4)49(67)57-28-35(60)27-38(57)47(65)58-32(5)14-15-42(58)63/h14-15,30-33,35-39,43-45,60H,10-13,16-29H2,1-9H3,(H,51,61)(H,53,64)(H2,52,54,68)/t32-,33?,35-,36-,37-,38-,39-,43-,44-,45-/m0/s1. The lowest BCUT2D eigenvalue weighted by molar-refractivity contribution is -0.157. The highest BCUT2D eigenvalue weighted by Crippen LogP contribution is 2.33. The molecular formula is C50H82N8O15S. The van der Waals surface area contributed by atoms with Gasteiger partial charge >= 0.3 is 12.0 Å². The molecule has 4 rings (SSSR count). The Labute approximate surface area is 439 Å². The molecule has 0 bridgehead atoms. The van der Waals surface area contributed by atoms with E-state index in [0.717, 1.165) is 41.7 Å². The molecule has 10 atom stereocenters. The largest absolute Gasteiger partial charge is 0.460 e. The molecule has 418 valence electrons. The minimum Gasteiger partial charge on any atom is -0.460 e. The van der Waals surface area contributed by atoms with Gasteiger partial charge in [0.2, 0.25) is 29.5 Å². The first kappa shape index (κ1) is 61.7. The van der Waals surface area contributed by atoms with Gasteiger partial charge in [-0.2, -0.15) is 11.8 Å². The van der Waals surface area contributed by atoms with Crippen LogP contribution in [-0.4, -0.2) is 224 Å². The molecule has 4 aliphatic heterocycles. The molecule has 23 nitrogen and oxygen atoms in total. The average Bonchev–Trinajstić information content (AvgIpc) is 4.11. The Morgan fingerprint density at radius 1 is 0.865 bits per heavy atom. The fourth-order valence-corrected chi connectivity index (χ4v) is 11.1. The van der Waals surface area contributed by atoms with Crippen LogP contribution in [0.5, 0.6) is 0 Å². The molecule has 0 aliphatic carbocycles. The number of unbranched alkanes of at least 4 members (excludes halogenated alkanes) is 1. The number of imide groups is 1. The Bertz CT molecular complexity index is 1960. The van der Waals surface area contributed by atoms with Crippen LogP contribution in [0.1, 0.15) is 93.4 Å². The van der Waals surface area contributed by atoms with Crippen molar-refractivity contribution in [3.63, 3.8) is 0 Å². The van der Waals surface area contributed by atoms with Crippen LogP contribution in [0.3, 0.4) is 0 Å². The minimum atomic E-state index is -1.51. The smallest absolute Gasteiger partial charge is 0.315 e. The number of nitrogens with one attached hydrogen (secondary N) is 4. The third kappa shape index (κ3) is 18.4. The lowest BCUT2D eigenvalue weighted by atomic mass is 9.98. The molecule has 0 aromatic rings. The van der Waals surface area contributed by atoms with Gasteiger partial charge in [0.15, 0.2) is 0 Å². The van der Waals surface area contributed by atoms with Gasteiger partial charge in [-0.15, -0.1) is 0 Å². The molecule has 0 spiro atoms. The van der Waals surface area contributed by atoms with E-state index >= 15 is 0 Å². The molecular weight excluding hydrogens is 985 g/mol. The first-order chi connectivity index (χ1) is 35.1. The summed E-state index contributed by atoms with van der Waals surface area (Å²) in [5.74, 6) is -4.15. The van der Waals surface area contributed by atoms with Crippen molar-refractivity contribution in [1.29, 1.82) is 0 Å². The maximum absolute atomic E-state index is 14.5. The van der Waals surface area contributed by atoms with E-state index in [1.807, 2.05) is 25.6 Å². The molecule has 3 fully saturated rings. The summed E-state index contributed by atoms with van der Waals surface area (Å²) in [4.78, 5) is 123. The quantitative estimate of drug-likeness (QED) is 0.0263. The fraction of sp³-hybridized carbons (Fsp3) is 0.780. The van der Waals surface area contributed by atoms with Crippen LogP contribution in [0.25, 0.3) is 0 Å². The van der Waals surface area contributed by atoms with Crippen LogP contribution >= 0.6 is 11.8 Å². The second-order valence-corrected chi connectivity index (χ2v) is 21.3. The maximum Gasteiger partial charge on any atom is 0.315 e. The molecule has 3 saturated heterocycles. The molecule has 0 aromatic heterocycles. The van der Waals surface area contributed by atoms with Gasteiger partial charge in [0.05, 0.1) is 83.5 Å². The summed E-state index contributed by atoms with van der Waals surface area (Å²) in [6, 6.07) is -5.20. The second kappa shape index (κ2) is 30.6. The van der Waals surface area contributed by atoms with E-state index < -0.39 is 89.7 Å². The van der Waals surface area contributed by atoms with E-state index in [-0.39, 0.29) is 75.6 Å². The maximum atomic E-state index is 14.5.